The van der Waals surface area contributed by atoms with Crippen molar-refractivity contribution in [2.75, 3.05) is 0 Å². The Morgan fingerprint density at radius 1 is 2.00 bits per heavy atom. The van der Waals surface area contributed by atoms with Gasteiger partial charge < -0.3 is 0 Å². The van der Waals surface area contributed by atoms with Crippen LogP contribution in [0.2, 0.25) is 0 Å². The van der Waals surface area contributed by atoms with E-state index in [2.05, 4.69) is 12.2 Å². The average molecular weight is 93.1 g/mol. The molecule has 1 atom stereocenters. The molecule has 0 aromatic carbocycles. The number of hydrogen-bond acceptors (Lipinski definition) is 2. The number of thiocarbonyl (C=S) groups is 1. The minimum absolute atomic E-state index is 0.420. The predicted molar refractivity (Wildman–Crippen MR) is 22.7 cm³/mol. The Balaban J connectivity index is 2.73. The highest BCUT2D eigenvalue weighted by molar-refractivity contribution is 7.88. The Kier molecular flexibility index (Phi) is 3.34. The largest absolute Gasteiger partial charge is 0.285 e. The third-order valence-corrected chi connectivity index (χ3v) is 0.433. The third-order valence-electron chi connectivity index (χ3n) is 0.0481. The zero-order valence-electron chi connectivity index (χ0n) is 1.89. The molecule has 1 nitrogen and oxygen atoms in total. The number of hydrogen-bond donors (Lipinski definition) is 0. The van der Waals surface area contributed by atoms with Crippen LogP contribution >= 0.6 is 20.7 Å². The van der Waals surface area contributed by atoms with Crippen molar-refractivity contribution in [2.24, 2.45) is 0 Å². The minimum atomic E-state index is -0.420. The topological polar surface area (TPSA) is 17.1 Å². The monoisotopic (exact) mass is 93.0 g/mol. The summed E-state index contributed by atoms with van der Waals surface area (Å²) in [4.78, 5) is 0. The molecular formula is CH2OPS. The zero-order valence-corrected chi connectivity index (χ0v) is 3.71. The van der Waals surface area contributed by atoms with E-state index in [1.165, 1.54) is 5.11 Å². The molecule has 1 radical (unpaired) electrons. The highest BCUT2D eigenvalue weighted by Crippen LogP contribution is 1.76. The van der Waals surface area contributed by atoms with Gasteiger partial charge in [0.05, 0.1) is 13.6 Å². The molecule has 1 unspecified atom stereocenters. The maximum atomic E-state index is 9.17. The van der Waals surface area contributed by atoms with Gasteiger partial charge in [-0.15, -0.1) is 0 Å². The lowest BCUT2D eigenvalue weighted by molar-refractivity contribution is 0.604. The molecule has 0 amide bonds. The first-order valence-corrected chi connectivity index (χ1v) is 2.19. The van der Waals surface area contributed by atoms with Crippen molar-refractivity contribution >= 4 is 25.8 Å². The second-order valence-corrected chi connectivity index (χ2v) is 1.41. The van der Waals surface area contributed by atoms with Crippen LogP contribution in [0, 0.1) is 0 Å². The quantitative estimate of drug-likeness (QED) is 0.355. The number of rotatable bonds is 1. The Bertz CT molecular complexity index is 29.0. The molecule has 0 rings (SSSR count). The average Bonchev–Trinajstić information content (AvgIpc) is 1.37. The van der Waals surface area contributed by atoms with Crippen LogP contribution in [0.3, 0.4) is 0 Å². The summed E-state index contributed by atoms with van der Waals surface area (Å²) in [5.74, 6) is 0. The minimum Gasteiger partial charge on any atom is -0.285 e. The summed E-state index contributed by atoms with van der Waals surface area (Å²) in [6, 6.07) is 0. The second kappa shape index (κ2) is 3.19. The lowest BCUT2D eigenvalue weighted by Gasteiger charge is -1.35. The SMILES string of the molecule is O=[PH]C=S. The van der Waals surface area contributed by atoms with Crippen molar-refractivity contribution in [3.63, 3.8) is 0 Å². The highest BCUT2D eigenvalue weighted by atomic mass is 32.1. The molecule has 0 saturated carbocycles. The Hall–Kier alpha value is 0.190. The van der Waals surface area contributed by atoms with E-state index in [0.717, 1.165) is 0 Å². The van der Waals surface area contributed by atoms with Crippen molar-refractivity contribution < 1.29 is 4.57 Å². The highest BCUT2D eigenvalue weighted by Gasteiger charge is 1.39. The van der Waals surface area contributed by atoms with Crippen LogP contribution in [0.4, 0.5) is 0 Å². The fourth-order valence-corrected chi connectivity index (χ4v) is 0. The fraction of sp³-hybridized carbons (Fsp3) is 0. The van der Waals surface area contributed by atoms with Gasteiger partial charge in [0.15, 0.2) is 0 Å². The van der Waals surface area contributed by atoms with Crippen LogP contribution in [0.15, 0.2) is 0 Å². The van der Waals surface area contributed by atoms with Crippen LogP contribution in [-0.2, 0) is 4.57 Å². The smallest absolute Gasteiger partial charge is 0.0938 e. The summed E-state index contributed by atoms with van der Waals surface area (Å²) < 4.78 is 9.17. The molecular weight excluding hydrogens is 91.1 g/mol. The van der Waals surface area contributed by atoms with Crippen molar-refractivity contribution in [3.8, 4) is 0 Å². The summed E-state index contributed by atoms with van der Waals surface area (Å²) in [5, 5.41) is 1.18. The van der Waals surface area contributed by atoms with E-state index in [4.69, 9.17) is 4.57 Å². The predicted octanol–water partition coefficient (Wildman–Crippen LogP) is 0.968. The van der Waals surface area contributed by atoms with Gasteiger partial charge in [-0.05, 0) is 0 Å². The van der Waals surface area contributed by atoms with E-state index >= 15 is 0 Å². The van der Waals surface area contributed by atoms with Gasteiger partial charge in [0.1, 0.15) is 0 Å². The molecule has 4 heavy (non-hydrogen) atoms. The van der Waals surface area contributed by atoms with Crippen molar-refractivity contribution in [1.82, 2.24) is 0 Å². The van der Waals surface area contributed by atoms with Gasteiger partial charge in [-0.2, -0.15) is 0 Å². The summed E-state index contributed by atoms with van der Waals surface area (Å²) in [6.45, 7) is 0. The van der Waals surface area contributed by atoms with Crippen LogP contribution in [0.25, 0.3) is 0 Å². The molecule has 0 bridgehead atoms. The van der Waals surface area contributed by atoms with Gasteiger partial charge in [-0.25, -0.2) is 0 Å². The molecule has 0 heterocycles. The van der Waals surface area contributed by atoms with E-state index in [1.807, 2.05) is 0 Å². The Morgan fingerprint density at radius 2 is 2.25 bits per heavy atom. The fourth-order valence-electron chi connectivity index (χ4n) is 0. The summed E-state index contributed by atoms with van der Waals surface area (Å²) in [6.07, 6.45) is 0. The first kappa shape index (κ1) is 4.19. The lowest BCUT2D eigenvalue weighted by Crippen LogP contribution is -1.18. The van der Waals surface area contributed by atoms with Gasteiger partial charge >= 0.3 is 0 Å². The van der Waals surface area contributed by atoms with E-state index in [1.54, 1.807) is 0 Å². The molecule has 0 aromatic rings. The zero-order chi connectivity index (χ0) is 3.41. The first-order valence-electron chi connectivity index (χ1n) is 0.729. The van der Waals surface area contributed by atoms with Gasteiger partial charge in [-0.3, -0.25) is 4.57 Å². The molecule has 0 saturated heterocycles. The molecule has 0 aromatic heterocycles. The molecule has 0 spiro atoms. The van der Waals surface area contributed by atoms with E-state index in [0.29, 0.717) is 0 Å². The molecule has 0 aliphatic rings. The molecule has 0 N–H and O–H groups in total. The van der Waals surface area contributed by atoms with Gasteiger partial charge in [0.2, 0.25) is 0 Å². The summed E-state index contributed by atoms with van der Waals surface area (Å²) in [7, 11) is -0.420. The van der Waals surface area contributed by atoms with Crippen molar-refractivity contribution in [1.29, 1.82) is 0 Å². The maximum Gasteiger partial charge on any atom is 0.0938 e. The van der Waals surface area contributed by atoms with Crippen LogP contribution in [0.5, 0.6) is 0 Å². The molecule has 0 aliphatic heterocycles. The maximum absolute atomic E-state index is 9.17. The third kappa shape index (κ3) is 2.19. The van der Waals surface area contributed by atoms with E-state index in [9.17, 15) is 0 Å². The Labute approximate surface area is 31.2 Å². The van der Waals surface area contributed by atoms with Crippen molar-refractivity contribution in [3.05, 3.63) is 0 Å². The normalized spacial score (nSPS) is 7.00. The standard InChI is InChI=1S/CH2OPS/c2-3-1-4/h1,3H. The van der Waals surface area contributed by atoms with Gasteiger partial charge in [0.25, 0.3) is 0 Å². The summed E-state index contributed by atoms with van der Waals surface area (Å²) in [5.41, 5.74) is 0. The van der Waals surface area contributed by atoms with Crippen LogP contribution in [-0.4, -0.2) is 5.11 Å². The molecule has 23 valence electrons. The van der Waals surface area contributed by atoms with Crippen LogP contribution < -0.4 is 0 Å². The lowest BCUT2D eigenvalue weighted by atomic mass is 11.9. The van der Waals surface area contributed by atoms with Crippen molar-refractivity contribution in [2.45, 2.75) is 0 Å². The molecule has 3 heteroatoms. The molecule has 0 aliphatic carbocycles. The Morgan fingerprint density at radius 3 is 2.25 bits per heavy atom. The molecule has 0 fully saturated rings. The van der Waals surface area contributed by atoms with E-state index in [-0.39, 0.29) is 0 Å². The van der Waals surface area contributed by atoms with Gasteiger partial charge in [-0.1, -0.05) is 12.2 Å². The first-order chi connectivity index (χ1) is 1.91. The summed E-state index contributed by atoms with van der Waals surface area (Å²) >= 11 is 4.13. The van der Waals surface area contributed by atoms with Gasteiger partial charge in [0, 0.05) is 0 Å². The van der Waals surface area contributed by atoms with Crippen LogP contribution in [0.1, 0.15) is 0 Å². The van der Waals surface area contributed by atoms with E-state index < -0.39 is 8.46 Å². The second-order valence-electron chi connectivity index (χ2n) is 0.236.